The summed E-state index contributed by atoms with van der Waals surface area (Å²) >= 11 is 0. The molecule has 39 heavy (non-hydrogen) atoms. The van der Waals surface area contributed by atoms with E-state index >= 15 is 0 Å². The van der Waals surface area contributed by atoms with Crippen LogP contribution < -0.4 is 9.62 Å². The Labute approximate surface area is 218 Å². The average molecular weight is 573 g/mol. The number of hydrogen-bond donors (Lipinski definition) is 1. The smallest absolute Gasteiger partial charge is 0.462 e. The number of hydrogen-bond acceptors (Lipinski definition) is 10. The van der Waals surface area contributed by atoms with Gasteiger partial charge in [-0.1, -0.05) is 6.07 Å². The van der Waals surface area contributed by atoms with Crippen LogP contribution in [0.5, 0.6) is 0 Å². The van der Waals surface area contributed by atoms with Crippen LogP contribution in [0.3, 0.4) is 0 Å². The third-order valence-corrected chi connectivity index (χ3v) is 6.51. The Morgan fingerprint density at radius 3 is 2.62 bits per heavy atom. The van der Waals surface area contributed by atoms with Gasteiger partial charge >= 0.3 is 27.6 Å². The molecule has 1 aromatic carbocycles. The number of aryl methyl sites for hydroxylation is 1. The summed E-state index contributed by atoms with van der Waals surface area (Å²) in [6, 6.07) is 7.25. The van der Waals surface area contributed by atoms with Crippen molar-refractivity contribution in [1.82, 2.24) is 19.9 Å². The molecule has 0 radical (unpaired) electrons. The first-order valence-electron chi connectivity index (χ1n) is 11.1. The van der Waals surface area contributed by atoms with Gasteiger partial charge < -0.3 is 13.9 Å². The van der Waals surface area contributed by atoms with Gasteiger partial charge in [0.15, 0.2) is 6.10 Å². The molecular weight excluding hydrogens is 554 g/mol. The lowest BCUT2D eigenvalue weighted by Crippen LogP contribution is -2.37. The second-order valence-electron chi connectivity index (χ2n) is 8.12. The number of ether oxygens (including phenoxy) is 2. The zero-order valence-corrected chi connectivity index (χ0v) is 20.8. The van der Waals surface area contributed by atoms with Crippen LogP contribution in [-0.2, 0) is 24.3 Å². The van der Waals surface area contributed by atoms with Crippen molar-refractivity contribution in [1.29, 1.82) is 0 Å². The number of rotatable bonds is 9. The number of carbonyl (C=O) groups excluding carboxylic acids is 2. The van der Waals surface area contributed by atoms with Crippen molar-refractivity contribution in [3.8, 4) is 22.7 Å². The van der Waals surface area contributed by atoms with Gasteiger partial charge in [-0.3, -0.25) is 14.7 Å². The molecule has 0 unspecified atom stereocenters. The highest BCUT2D eigenvalue weighted by atomic mass is 32.2. The SMILES string of the molecule is Cc1nnc(-c2ccc(-c3ccc(N4C[C@H](COC(=O)CCNS(=O)(=O)C(F)(F)F)OC4=O)cc3F)cn2)o1. The summed E-state index contributed by atoms with van der Waals surface area (Å²) in [7, 11) is -5.58. The Kier molecular flexibility index (Phi) is 7.82. The van der Waals surface area contributed by atoms with Crippen molar-refractivity contribution < 1.29 is 49.5 Å². The molecule has 0 saturated carbocycles. The molecule has 1 aliphatic rings. The van der Waals surface area contributed by atoms with Gasteiger partial charge in [0.05, 0.1) is 18.7 Å². The minimum Gasteiger partial charge on any atom is -0.462 e. The summed E-state index contributed by atoms with van der Waals surface area (Å²) in [4.78, 5) is 29.3. The molecule has 0 bridgehead atoms. The first-order chi connectivity index (χ1) is 18.3. The normalized spacial score (nSPS) is 15.9. The molecule has 1 amide bonds. The fourth-order valence-electron chi connectivity index (χ4n) is 3.43. The van der Waals surface area contributed by atoms with Crippen molar-refractivity contribution in [2.24, 2.45) is 0 Å². The number of alkyl halides is 3. The number of cyclic esters (lactones) is 1. The maximum absolute atomic E-state index is 14.9. The standard InChI is InChI=1S/C22H19F4N5O7S/c1-12-29-30-20(37-12)18-5-2-13(9-27-18)16-4-3-14(8-17(16)23)31-10-15(38-21(31)33)11-36-19(32)6-7-28-39(34,35)22(24,25)26/h2-5,8-9,15,28H,6-7,10-11H2,1H3/t15-/m1/s1. The first-order valence-corrected chi connectivity index (χ1v) is 12.6. The van der Waals surface area contributed by atoms with Gasteiger partial charge in [0.2, 0.25) is 5.89 Å². The third kappa shape index (κ3) is 6.48. The molecule has 2 aromatic heterocycles. The Morgan fingerprint density at radius 1 is 1.23 bits per heavy atom. The molecule has 3 aromatic rings. The predicted octanol–water partition coefficient (Wildman–Crippen LogP) is 2.94. The summed E-state index contributed by atoms with van der Waals surface area (Å²) in [5, 5.41) is 7.59. The summed E-state index contributed by atoms with van der Waals surface area (Å²) in [5.74, 6) is -1.08. The van der Waals surface area contributed by atoms with Gasteiger partial charge in [-0.2, -0.15) is 13.2 Å². The molecule has 1 atom stereocenters. The van der Waals surface area contributed by atoms with Crippen LogP contribution in [0.25, 0.3) is 22.7 Å². The molecular formula is C22H19F4N5O7S. The number of amides is 1. The molecule has 3 heterocycles. The Hall–Kier alpha value is -4.12. The average Bonchev–Trinajstić information content (AvgIpc) is 3.47. The number of nitrogens with zero attached hydrogens (tertiary/aromatic N) is 4. The van der Waals surface area contributed by atoms with Crippen LogP contribution in [0.4, 0.5) is 28.0 Å². The molecule has 0 aliphatic carbocycles. The largest absolute Gasteiger partial charge is 0.511 e. The fourth-order valence-corrected chi connectivity index (χ4v) is 3.97. The minimum absolute atomic E-state index is 0.106. The summed E-state index contributed by atoms with van der Waals surface area (Å²) < 4.78 is 90.1. The summed E-state index contributed by atoms with van der Waals surface area (Å²) in [5.41, 5.74) is -4.27. The van der Waals surface area contributed by atoms with Crippen LogP contribution >= 0.6 is 0 Å². The van der Waals surface area contributed by atoms with Gasteiger partial charge in [-0.05, 0) is 24.3 Å². The van der Waals surface area contributed by atoms with Gasteiger partial charge in [0.1, 0.15) is 18.1 Å². The lowest BCUT2D eigenvalue weighted by atomic mass is 10.1. The molecule has 1 N–H and O–H groups in total. The zero-order valence-electron chi connectivity index (χ0n) is 19.9. The number of sulfonamides is 1. The molecule has 0 spiro atoms. The predicted molar refractivity (Wildman–Crippen MR) is 124 cm³/mol. The minimum atomic E-state index is -5.58. The first kappa shape index (κ1) is 27.9. The molecule has 1 aliphatic heterocycles. The molecule has 1 saturated heterocycles. The van der Waals surface area contributed by atoms with E-state index in [0.717, 1.165) is 11.0 Å². The van der Waals surface area contributed by atoms with Crippen LogP contribution in [0.2, 0.25) is 0 Å². The molecule has 1 fully saturated rings. The zero-order chi connectivity index (χ0) is 28.4. The molecule has 17 heteroatoms. The van der Waals surface area contributed by atoms with Gasteiger partial charge in [0, 0.05) is 30.8 Å². The Morgan fingerprint density at radius 2 is 2.00 bits per heavy atom. The van der Waals surface area contributed by atoms with E-state index in [1.807, 2.05) is 0 Å². The number of esters is 1. The van der Waals surface area contributed by atoms with E-state index < -0.39 is 59.1 Å². The van der Waals surface area contributed by atoms with E-state index in [2.05, 4.69) is 15.2 Å². The van der Waals surface area contributed by atoms with Crippen molar-refractivity contribution in [2.45, 2.75) is 25.0 Å². The summed E-state index contributed by atoms with van der Waals surface area (Å²) in [6.07, 6.45) is -1.03. The van der Waals surface area contributed by atoms with E-state index in [-0.39, 0.29) is 23.7 Å². The Balaban J connectivity index is 1.31. The number of carbonyl (C=O) groups is 2. The fraction of sp³-hybridized carbons (Fsp3) is 0.318. The van der Waals surface area contributed by atoms with E-state index in [1.165, 1.54) is 23.1 Å². The van der Waals surface area contributed by atoms with Gasteiger partial charge in [-0.15, -0.1) is 10.2 Å². The molecule has 208 valence electrons. The monoisotopic (exact) mass is 573 g/mol. The maximum Gasteiger partial charge on any atom is 0.511 e. The van der Waals surface area contributed by atoms with E-state index in [4.69, 9.17) is 13.9 Å². The summed E-state index contributed by atoms with van der Waals surface area (Å²) in [6.45, 7) is 0.252. The number of anilines is 1. The van der Waals surface area contributed by atoms with E-state index in [0.29, 0.717) is 17.1 Å². The lowest BCUT2D eigenvalue weighted by molar-refractivity contribution is -0.145. The molecule has 4 rings (SSSR count). The topological polar surface area (TPSA) is 154 Å². The van der Waals surface area contributed by atoms with Gasteiger partial charge in [-0.25, -0.2) is 22.3 Å². The highest BCUT2D eigenvalue weighted by Gasteiger charge is 2.45. The van der Waals surface area contributed by atoms with Crippen LogP contribution in [0.1, 0.15) is 12.3 Å². The van der Waals surface area contributed by atoms with Crippen LogP contribution in [0.15, 0.2) is 40.9 Å². The number of nitrogens with one attached hydrogen (secondary N) is 1. The quantitative estimate of drug-likeness (QED) is 0.299. The van der Waals surface area contributed by atoms with Gasteiger partial charge in [0.25, 0.3) is 5.89 Å². The Bertz CT molecular complexity index is 1480. The second kappa shape index (κ2) is 10.9. The molecule has 12 nitrogen and oxygen atoms in total. The lowest BCUT2D eigenvalue weighted by Gasteiger charge is -2.14. The number of halogens is 4. The number of pyridine rings is 1. The highest BCUT2D eigenvalue weighted by molar-refractivity contribution is 7.90. The van der Waals surface area contributed by atoms with Crippen LogP contribution in [-0.4, -0.2) is 67.0 Å². The maximum atomic E-state index is 14.9. The second-order valence-corrected chi connectivity index (χ2v) is 9.87. The van der Waals surface area contributed by atoms with Crippen molar-refractivity contribution in [3.05, 3.63) is 48.2 Å². The number of benzene rings is 1. The highest BCUT2D eigenvalue weighted by Crippen LogP contribution is 2.30. The third-order valence-electron chi connectivity index (χ3n) is 5.31. The van der Waals surface area contributed by atoms with Crippen molar-refractivity contribution in [2.75, 3.05) is 24.6 Å². The van der Waals surface area contributed by atoms with E-state index in [9.17, 15) is 35.6 Å². The number of aromatic nitrogens is 3. The van der Waals surface area contributed by atoms with Crippen LogP contribution in [0, 0.1) is 12.7 Å². The van der Waals surface area contributed by atoms with Crippen molar-refractivity contribution >= 4 is 27.8 Å². The van der Waals surface area contributed by atoms with E-state index in [1.54, 1.807) is 19.1 Å². The van der Waals surface area contributed by atoms with Crippen molar-refractivity contribution in [3.63, 3.8) is 0 Å².